The van der Waals surface area contributed by atoms with Crippen LogP contribution in [0.25, 0.3) is 0 Å². The normalized spacial score (nSPS) is 10.5. The van der Waals surface area contributed by atoms with Crippen molar-refractivity contribution in [2.75, 3.05) is 6.61 Å². The zero-order valence-corrected chi connectivity index (χ0v) is 7.58. The van der Waals surface area contributed by atoms with Crippen LogP contribution in [0.2, 0.25) is 5.02 Å². The molecule has 0 aliphatic rings. The van der Waals surface area contributed by atoms with Gasteiger partial charge in [-0.3, -0.25) is 0 Å². The Morgan fingerprint density at radius 1 is 1.42 bits per heavy atom. The lowest BCUT2D eigenvalue weighted by Crippen LogP contribution is -1.83. The van der Waals surface area contributed by atoms with Crippen molar-refractivity contribution < 1.29 is 4.84 Å². The number of hydrogen-bond donors (Lipinski definition) is 0. The van der Waals surface area contributed by atoms with Crippen molar-refractivity contribution in [3.8, 4) is 0 Å². The van der Waals surface area contributed by atoms with Gasteiger partial charge in [0.15, 0.2) is 0 Å². The zero-order chi connectivity index (χ0) is 8.81. The molecule has 0 atom stereocenters. The predicted octanol–water partition coefficient (Wildman–Crippen LogP) is 2.71. The van der Waals surface area contributed by atoms with Crippen LogP contribution in [0.5, 0.6) is 0 Å². The fourth-order valence-corrected chi connectivity index (χ4v) is 0.847. The van der Waals surface area contributed by atoms with Gasteiger partial charge in [-0.1, -0.05) is 28.9 Å². The SMILES string of the molecule is CCON=Cc1ccc(Cl)cc1. The lowest BCUT2D eigenvalue weighted by Gasteiger charge is -1.93. The van der Waals surface area contributed by atoms with Crippen LogP contribution in [0.1, 0.15) is 12.5 Å². The maximum Gasteiger partial charge on any atom is 0.114 e. The highest BCUT2D eigenvalue weighted by Crippen LogP contribution is 2.07. The topological polar surface area (TPSA) is 21.6 Å². The van der Waals surface area contributed by atoms with Gasteiger partial charge < -0.3 is 4.84 Å². The summed E-state index contributed by atoms with van der Waals surface area (Å²) in [4.78, 5) is 4.80. The molecule has 0 aliphatic heterocycles. The molecule has 0 aromatic heterocycles. The van der Waals surface area contributed by atoms with E-state index in [9.17, 15) is 0 Å². The lowest BCUT2D eigenvalue weighted by atomic mass is 10.2. The number of halogens is 1. The monoisotopic (exact) mass is 183 g/mol. The molecule has 1 rings (SSSR count). The molecule has 1 aromatic carbocycles. The number of benzene rings is 1. The van der Waals surface area contributed by atoms with Gasteiger partial charge in [0.25, 0.3) is 0 Å². The van der Waals surface area contributed by atoms with Crippen LogP contribution in [0.4, 0.5) is 0 Å². The van der Waals surface area contributed by atoms with Crippen molar-refractivity contribution in [1.29, 1.82) is 0 Å². The Balaban J connectivity index is 2.58. The van der Waals surface area contributed by atoms with Crippen molar-refractivity contribution in [2.24, 2.45) is 5.16 Å². The van der Waals surface area contributed by atoms with Crippen molar-refractivity contribution in [2.45, 2.75) is 6.92 Å². The van der Waals surface area contributed by atoms with E-state index in [1.54, 1.807) is 6.21 Å². The third kappa shape index (κ3) is 2.93. The summed E-state index contributed by atoms with van der Waals surface area (Å²) in [6, 6.07) is 7.39. The Hall–Kier alpha value is -1.02. The summed E-state index contributed by atoms with van der Waals surface area (Å²) in [7, 11) is 0. The number of hydrogen-bond acceptors (Lipinski definition) is 2. The Morgan fingerprint density at radius 2 is 2.08 bits per heavy atom. The van der Waals surface area contributed by atoms with Gasteiger partial charge in [-0.25, -0.2) is 0 Å². The molecule has 0 aliphatic carbocycles. The van der Waals surface area contributed by atoms with Gasteiger partial charge >= 0.3 is 0 Å². The maximum atomic E-state index is 5.70. The van der Waals surface area contributed by atoms with Gasteiger partial charge in [0.1, 0.15) is 6.61 Å². The molecule has 0 heterocycles. The smallest absolute Gasteiger partial charge is 0.114 e. The van der Waals surface area contributed by atoms with Crippen LogP contribution in [-0.2, 0) is 4.84 Å². The summed E-state index contributed by atoms with van der Waals surface area (Å²) >= 11 is 5.70. The van der Waals surface area contributed by atoms with Crippen molar-refractivity contribution in [3.63, 3.8) is 0 Å². The summed E-state index contributed by atoms with van der Waals surface area (Å²) in [5, 5.41) is 4.45. The Kier molecular flexibility index (Phi) is 3.61. The highest BCUT2D eigenvalue weighted by Gasteiger charge is 1.87. The van der Waals surface area contributed by atoms with E-state index in [4.69, 9.17) is 16.4 Å². The Bertz CT molecular complexity index is 256. The molecule has 0 saturated heterocycles. The quantitative estimate of drug-likeness (QED) is 0.522. The average molecular weight is 184 g/mol. The molecule has 3 heteroatoms. The Labute approximate surface area is 76.8 Å². The first-order chi connectivity index (χ1) is 5.83. The predicted molar refractivity (Wildman–Crippen MR) is 50.7 cm³/mol. The van der Waals surface area contributed by atoms with Crippen molar-refractivity contribution >= 4 is 17.8 Å². The third-order valence-electron chi connectivity index (χ3n) is 1.28. The van der Waals surface area contributed by atoms with E-state index in [-0.39, 0.29) is 0 Å². The first-order valence-corrected chi connectivity index (χ1v) is 4.11. The average Bonchev–Trinajstić information content (AvgIpc) is 2.09. The van der Waals surface area contributed by atoms with Gasteiger partial charge in [-0.05, 0) is 24.6 Å². The van der Waals surface area contributed by atoms with Gasteiger partial charge in [-0.2, -0.15) is 0 Å². The second kappa shape index (κ2) is 4.78. The van der Waals surface area contributed by atoms with E-state index in [0.717, 1.165) is 10.6 Å². The maximum absolute atomic E-state index is 5.70. The summed E-state index contributed by atoms with van der Waals surface area (Å²) in [5.41, 5.74) is 0.979. The van der Waals surface area contributed by atoms with Gasteiger partial charge in [0.2, 0.25) is 0 Å². The largest absolute Gasteiger partial charge is 0.396 e. The lowest BCUT2D eigenvalue weighted by molar-refractivity contribution is 0.160. The standard InChI is InChI=1S/C9H10ClNO/c1-2-12-11-7-8-3-5-9(10)6-4-8/h3-7H,2H2,1H3. The van der Waals surface area contributed by atoms with Gasteiger partial charge in [-0.15, -0.1) is 0 Å². The minimum atomic E-state index is 0.587. The zero-order valence-electron chi connectivity index (χ0n) is 6.83. The van der Waals surface area contributed by atoms with Crippen LogP contribution < -0.4 is 0 Å². The molecule has 0 fully saturated rings. The van der Waals surface area contributed by atoms with Crippen LogP contribution >= 0.6 is 11.6 Å². The molecule has 0 bridgehead atoms. The van der Waals surface area contributed by atoms with Gasteiger partial charge in [0, 0.05) is 5.02 Å². The fraction of sp³-hybridized carbons (Fsp3) is 0.222. The van der Waals surface area contributed by atoms with E-state index in [0.29, 0.717) is 6.61 Å². The second-order valence-corrected chi connectivity index (χ2v) is 2.64. The summed E-state index contributed by atoms with van der Waals surface area (Å²) in [5.74, 6) is 0. The highest BCUT2D eigenvalue weighted by molar-refractivity contribution is 6.30. The minimum absolute atomic E-state index is 0.587. The molecule has 0 saturated carbocycles. The molecular formula is C9H10ClNO. The van der Waals surface area contributed by atoms with E-state index >= 15 is 0 Å². The molecular weight excluding hydrogens is 174 g/mol. The summed E-state index contributed by atoms with van der Waals surface area (Å²) in [6.07, 6.45) is 1.65. The molecule has 0 amide bonds. The van der Waals surface area contributed by atoms with Crippen LogP contribution in [0.3, 0.4) is 0 Å². The van der Waals surface area contributed by atoms with E-state index in [2.05, 4.69) is 5.16 Å². The highest BCUT2D eigenvalue weighted by atomic mass is 35.5. The van der Waals surface area contributed by atoms with E-state index < -0.39 is 0 Å². The summed E-state index contributed by atoms with van der Waals surface area (Å²) < 4.78 is 0. The first kappa shape index (κ1) is 9.07. The van der Waals surface area contributed by atoms with E-state index in [1.807, 2.05) is 31.2 Å². The molecule has 1 aromatic rings. The third-order valence-corrected chi connectivity index (χ3v) is 1.53. The molecule has 0 spiro atoms. The van der Waals surface area contributed by atoms with Crippen LogP contribution in [0.15, 0.2) is 29.4 Å². The number of nitrogens with zero attached hydrogens (tertiary/aromatic N) is 1. The first-order valence-electron chi connectivity index (χ1n) is 3.74. The van der Waals surface area contributed by atoms with E-state index in [1.165, 1.54) is 0 Å². The van der Waals surface area contributed by atoms with Crippen LogP contribution in [0, 0.1) is 0 Å². The summed E-state index contributed by atoms with van der Waals surface area (Å²) in [6.45, 7) is 2.48. The second-order valence-electron chi connectivity index (χ2n) is 2.20. The molecule has 0 radical (unpaired) electrons. The minimum Gasteiger partial charge on any atom is -0.396 e. The number of rotatable bonds is 3. The van der Waals surface area contributed by atoms with Crippen LogP contribution in [-0.4, -0.2) is 12.8 Å². The fourth-order valence-electron chi connectivity index (χ4n) is 0.722. The Morgan fingerprint density at radius 3 is 2.67 bits per heavy atom. The van der Waals surface area contributed by atoms with Crippen molar-refractivity contribution in [3.05, 3.63) is 34.9 Å². The van der Waals surface area contributed by atoms with Crippen molar-refractivity contribution in [1.82, 2.24) is 0 Å². The molecule has 12 heavy (non-hydrogen) atoms. The molecule has 0 unspecified atom stereocenters. The molecule has 64 valence electrons. The molecule has 2 nitrogen and oxygen atoms in total. The van der Waals surface area contributed by atoms with Gasteiger partial charge in [0.05, 0.1) is 6.21 Å². The molecule has 0 N–H and O–H groups in total. The number of oxime groups is 1.